The molecule has 0 bridgehead atoms. The van der Waals surface area contributed by atoms with Crippen LogP contribution in [0.1, 0.15) is 6.42 Å². The molecule has 0 aromatic heterocycles. The summed E-state index contributed by atoms with van der Waals surface area (Å²) in [5.74, 6) is -1.92. The Labute approximate surface area is 71.7 Å². The zero-order valence-electron chi connectivity index (χ0n) is 5.60. The topological polar surface area (TPSA) is 130 Å². The van der Waals surface area contributed by atoms with Crippen LogP contribution in [0, 0.1) is 4.10 Å². The molecule has 0 unspecified atom stereocenters. The summed E-state index contributed by atoms with van der Waals surface area (Å²) in [6, 6.07) is -1.16. The molecule has 7 heteroatoms. The summed E-state index contributed by atoms with van der Waals surface area (Å²) in [6.07, 6.45) is -0.310. The smallest absolute Gasteiger partial charge is 0.321 e. The number of hydrogen-bond donors (Lipinski definition) is 3. The molecule has 11 heavy (non-hydrogen) atoms. The zero-order valence-corrected chi connectivity index (χ0v) is 7.47. The van der Waals surface area contributed by atoms with E-state index in [-0.39, 0.29) is 6.42 Å². The van der Waals surface area contributed by atoms with Crippen LogP contribution in [-0.2, 0) is 9.59 Å². The Bertz CT molecular complexity index is 169. The summed E-state index contributed by atoms with van der Waals surface area (Å²) in [4.78, 5) is 19.9. The molecule has 0 spiro atoms. The number of carboxylic acids is 1. The predicted octanol–water partition coefficient (Wildman–Crippen LogP) is -2.09. The summed E-state index contributed by atoms with van der Waals surface area (Å²) in [5, 5.41) is 8.10. The number of carbonyl (C=O) groups is 2. The van der Waals surface area contributed by atoms with Gasteiger partial charge in [-0.2, -0.15) is 0 Å². The van der Waals surface area contributed by atoms with E-state index >= 15 is 0 Å². The van der Waals surface area contributed by atoms with Crippen LogP contribution >= 0.6 is 0 Å². The molecule has 6 nitrogen and oxygen atoms in total. The Morgan fingerprint density at radius 1 is 1.55 bits per heavy atom. The second kappa shape index (κ2) is 7.28. The first-order valence-corrected chi connectivity index (χ1v) is 3.34. The molecular weight excluding hydrogens is 213 g/mol. The predicted molar refractivity (Wildman–Crippen MR) is 36.9 cm³/mol. The minimum atomic E-state index is -1.21. The van der Waals surface area contributed by atoms with Crippen LogP contribution < -0.4 is 11.5 Å². The van der Waals surface area contributed by atoms with E-state index in [1.54, 1.807) is 0 Å². The Morgan fingerprint density at radius 3 is 2.00 bits per heavy atom. The van der Waals surface area contributed by atoms with Crippen molar-refractivity contribution >= 4 is 28.4 Å². The number of primary amides is 1. The van der Waals surface area contributed by atoms with Gasteiger partial charge in [0.25, 0.3) is 0 Å². The third-order valence-corrected chi connectivity index (χ3v) is 0.738. The van der Waals surface area contributed by atoms with E-state index in [0.29, 0.717) is 0 Å². The van der Waals surface area contributed by atoms with Crippen LogP contribution in [0.5, 0.6) is 0 Å². The van der Waals surface area contributed by atoms with Crippen LogP contribution in [0.4, 0.5) is 0 Å². The van der Waals surface area contributed by atoms with Crippen LogP contribution in [0.2, 0.25) is 0 Å². The van der Waals surface area contributed by atoms with Crippen molar-refractivity contribution in [2.24, 2.45) is 11.5 Å². The first-order valence-electron chi connectivity index (χ1n) is 2.50. The van der Waals surface area contributed by atoms with Gasteiger partial charge < -0.3 is 16.6 Å². The van der Waals surface area contributed by atoms with Crippen molar-refractivity contribution < 1.29 is 14.7 Å². The zero-order chi connectivity index (χ0) is 9.44. The molecule has 0 heterocycles. The monoisotopic (exact) mass is 221 g/mol. The Kier molecular flexibility index (Phi) is 8.48. The van der Waals surface area contributed by atoms with Gasteiger partial charge in [0.2, 0.25) is 5.91 Å². The SMILES string of the molecule is N#[As].NC(=O)C[C@H](N)C(=O)O. The molecule has 0 rings (SSSR count). The third-order valence-electron chi connectivity index (χ3n) is 0.738. The molecule has 5 N–H and O–H groups in total. The van der Waals surface area contributed by atoms with Crippen molar-refractivity contribution in [3.63, 3.8) is 0 Å². The van der Waals surface area contributed by atoms with Gasteiger partial charge in [-0.25, -0.2) is 0 Å². The molecular formula is C4H8AsN3O3. The standard InChI is InChI=1S/C4H8N2O3.AsN/c5-2(4(8)9)1-3(6)7;1-2/h2H,1,5H2,(H2,6,7)(H,8,9);/t2-;/m0./s1. The summed E-state index contributed by atoms with van der Waals surface area (Å²) < 4.78 is 6.94. The molecule has 0 saturated heterocycles. The Morgan fingerprint density at radius 2 is 1.91 bits per heavy atom. The van der Waals surface area contributed by atoms with E-state index in [1.165, 1.54) is 16.5 Å². The van der Waals surface area contributed by atoms with E-state index in [0.717, 1.165) is 0 Å². The van der Waals surface area contributed by atoms with Crippen LogP contribution in [0.25, 0.3) is 0 Å². The van der Waals surface area contributed by atoms with Gasteiger partial charge in [-0.3, -0.25) is 9.59 Å². The maximum absolute atomic E-state index is 9.99. The number of rotatable bonds is 3. The van der Waals surface area contributed by atoms with Crippen LogP contribution in [0.3, 0.4) is 0 Å². The number of carbonyl (C=O) groups excluding carboxylic acids is 1. The first-order chi connectivity index (χ1) is 5.04. The maximum Gasteiger partial charge on any atom is 0.321 e. The number of nitrogens with two attached hydrogens (primary N) is 2. The average Bonchev–Trinajstić information content (AvgIpc) is 1.90. The molecule has 0 aromatic carbocycles. The van der Waals surface area contributed by atoms with Gasteiger partial charge >= 0.3 is 26.5 Å². The fourth-order valence-electron chi connectivity index (χ4n) is 0.304. The first kappa shape index (κ1) is 12.8. The second-order valence-corrected chi connectivity index (χ2v) is 1.62. The van der Waals surface area contributed by atoms with Crippen molar-refractivity contribution in [3.8, 4) is 0 Å². The molecule has 1 amide bonds. The van der Waals surface area contributed by atoms with Crippen molar-refractivity contribution in [1.29, 1.82) is 4.10 Å². The van der Waals surface area contributed by atoms with Crippen molar-refractivity contribution in [2.45, 2.75) is 12.5 Å². The van der Waals surface area contributed by atoms with Crippen LogP contribution in [-0.4, -0.2) is 39.5 Å². The summed E-state index contributed by atoms with van der Waals surface area (Å²) in [6.45, 7) is 0. The largest absolute Gasteiger partial charge is 0.480 e. The van der Waals surface area contributed by atoms with Gasteiger partial charge in [0.05, 0.1) is 6.42 Å². The van der Waals surface area contributed by atoms with E-state index in [9.17, 15) is 9.59 Å². The third kappa shape index (κ3) is 9.17. The Balaban J connectivity index is 0. The van der Waals surface area contributed by atoms with E-state index < -0.39 is 17.9 Å². The average molecular weight is 221 g/mol. The molecule has 0 aliphatic carbocycles. The van der Waals surface area contributed by atoms with Gasteiger partial charge in [0.15, 0.2) is 0 Å². The number of aliphatic carboxylic acids is 1. The van der Waals surface area contributed by atoms with Gasteiger partial charge in [-0.15, -0.1) is 0 Å². The maximum atomic E-state index is 9.99. The number of nitrogens with zero attached hydrogens (tertiary/aromatic N) is 1. The molecule has 0 aromatic rings. The number of hydrogen-bond acceptors (Lipinski definition) is 4. The molecule has 62 valence electrons. The summed E-state index contributed by atoms with van der Waals surface area (Å²) in [7, 11) is 0. The van der Waals surface area contributed by atoms with Gasteiger partial charge in [-0.05, 0) is 0 Å². The normalized spacial score (nSPS) is 10.5. The van der Waals surface area contributed by atoms with E-state index in [1.807, 2.05) is 0 Å². The molecule has 1 atom stereocenters. The number of amides is 1. The second-order valence-electron chi connectivity index (χ2n) is 1.62. The molecule has 0 saturated carbocycles. The van der Waals surface area contributed by atoms with Crippen molar-refractivity contribution in [3.05, 3.63) is 0 Å². The molecule has 0 fully saturated rings. The molecule has 0 aliphatic heterocycles. The minimum Gasteiger partial charge on any atom is -0.480 e. The fourth-order valence-corrected chi connectivity index (χ4v) is 0.304. The minimum absolute atomic E-state index is 0.310. The van der Waals surface area contributed by atoms with Gasteiger partial charge in [-0.1, -0.05) is 0 Å². The van der Waals surface area contributed by atoms with Crippen LogP contribution in [0.15, 0.2) is 0 Å². The molecule has 0 aliphatic rings. The van der Waals surface area contributed by atoms with Gasteiger partial charge in [0.1, 0.15) is 6.04 Å². The quantitative estimate of drug-likeness (QED) is 0.470. The molecule has 0 radical (unpaired) electrons. The van der Waals surface area contributed by atoms with Gasteiger partial charge in [0, 0.05) is 0 Å². The number of carboxylic acid groups (broad SMARTS) is 1. The van der Waals surface area contributed by atoms with Crippen molar-refractivity contribution in [1.82, 2.24) is 0 Å². The summed E-state index contributed by atoms with van der Waals surface area (Å²) >= 11 is 1.31. The Hall–Kier alpha value is -0.832. The summed E-state index contributed by atoms with van der Waals surface area (Å²) in [5.41, 5.74) is 9.57. The van der Waals surface area contributed by atoms with E-state index in [4.69, 9.17) is 14.9 Å². The van der Waals surface area contributed by atoms with E-state index in [2.05, 4.69) is 5.73 Å². The fraction of sp³-hybridized carbons (Fsp3) is 0.500. The van der Waals surface area contributed by atoms with Crippen molar-refractivity contribution in [2.75, 3.05) is 0 Å².